The van der Waals surface area contributed by atoms with E-state index in [1.807, 2.05) is 24.3 Å². The highest BCUT2D eigenvalue weighted by Gasteiger charge is 2.27. The van der Waals surface area contributed by atoms with Crippen molar-refractivity contribution in [2.75, 3.05) is 13.1 Å². The molecule has 1 aromatic carbocycles. The maximum Gasteiger partial charge on any atom is 0.286 e. The summed E-state index contributed by atoms with van der Waals surface area (Å²) in [6.45, 7) is 1.24. The summed E-state index contributed by atoms with van der Waals surface area (Å²) in [4.78, 5) is 43.2. The molecular formula is C19H19N7O2. The van der Waals surface area contributed by atoms with E-state index in [4.69, 9.17) is 0 Å². The van der Waals surface area contributed by atoms with Crippen molar-refractivity contribution < 1.29 is 4.79 Å². The number of fused-ring (bicyclic) bond motifs is 2. The second-order valence-electron chi connectivity index (χ2n) is 7.16. The molecule has 1 unspecified atom stereocenters. The van der Waals surface area contributed by atoms with Crippen LogP contribution in [0.4, 0.5) is 0 Å². The minimum absolute atomic E-state index is 0.0612. The van der Waals surface area contributed by atoms with Crippen LogP contribution in [0.3, 0.4) is 0 Å². The summed E-state index contributed by atoms with van der Waals surface area (Å²) < 4.78 is 1.18. The van der Waals surface area contributed by atoms with Crippen LogP contribution in [0.15, 0.2) is 41.6 Å². The Morgan fingerprint density at radius 1 is 1.25 bits per heavy atom. The highest BCUT2D eigenvalue weighted by atomic mass is 16.2. The first kappa shape index (κ1) is 16.7. The van der Waals surface area contributed by atoms with Crippen LogP contribution in [-0.4, -0.2) is 53.4 Å². The number of imidazole rings is 1. The van der Waals surface area contributed by atoms with Crippen LogP contribution in [0.2, 0.25) is 0 Å². The number of hydrogen-bond donors (Lipinski definition) is 2. The van der Waals surface area contributed by atoms with Crippen LogP contribution in [0.1, 0.15) is 29.0 Å². The van der Waals surface area contributed by atoms with Crippen molar-refractivity contribution in [3.05, 3.63) is 58.5 Å². The summed E-state index contributed by atoms with van der Waals surface area (Å²) in [5.74, 6) is 1.20. The number of H-pyrrole nitrogens is 2. The molecule has 0 aliphatic carbocycles. The van der Waals surface area contributed by atoms with Crippen molar-refractivity contribution in [3.63, 3.8) is 0 Å². The van der Waals surface area contributed by atoms with Crippen molar-refractivity contribution in [1.82, 2.24) is 34.4 Å². The number of carbonyl (C=O) groups excluding carboxylic acids is 1. The van der Waals surface area contributed by atoms with Gasteiger partial charge in [-0.1, -0.05) is 12.1 Å². The van der Waals surface area contributed by atoms with Crippen LogP contribution in [0.5, 0.6) is 0 Å². The van der Waals surface area contributed by atoms with E-state index in [0.717, 1.165) is 36.1 Å². The SMILES string of the molecule is O=C(c1cnc2nc[nH]n2c1=O)N1CCCC(Cc2nc3ccccc3[nH]2)C1. The van der Waals surface area contributed by atoms with Gasteiger partial charge in [0, 0.05) is 25.7 Å². The van der Waals surface area contributed by atoms with Gasteiger partial charge in [0.2, 0.25) is 0 Å². The third-order valence-electron chi connectivity index (χ3n) is 5.27. The second kappa shape index (κ2) is 6.59. The predicted molar refractivity (Wildman–Crippen MR) is 102 cm³/mol. The van der Waals surface area contributed by atoms with Gasteiger partial charge in [-0.05, 0) is 30.9 Å². The summed E-state index contributed by atoms with van der Waals surface area (Å²) in [5.41, 5.74) is 1.61. The molecule has 5 rings (SSSR count). The standard InChI is InChI=1S/C19H19N7O2/c27-17(13-9-20-19-21-11-22-26(19)18(13)28)25-7-3-4-12(10-25)8-16-23-14-5-1-2-6-15(14)24-16/h1-2,5-6,9,11-12H,3-4,7-8,10H2,(H,23,24)(H,20,21,22). The minimum Gasteiger partial charge on any atom is -0.342 e. The van der Waals surface area contributed by atoms with E-state index in [1.54, 1.807) is 4.90 Å². The third-order valence-corrected chi connectivity index (χ3v) is 5.27. The van der Waals surface area contributed by atoms with Crippen LogP contribution < -0.4 is 5.56 Å². The number of aromatic nitrogens is 6. The fourth-order valence-electron chi connectivity index (χ4n) is 3.91. The number of piperidine rings is 1. The first-order valence-corrected chi connectivity index (χ1v) is 9.33. The summed E-state index contributed by atoms with van der Waals surface area (Å²) >= 11 is 0. The van der Waals surface area contributed by atoms with Gasteiger partial charge < -0.3 is 9.88 Å². The van der Waals surface area contributed by atoms with Crippen molar-refractivity contribution in [1.29, 1.82) is 0 Å². The molecule has 0 radical (unpaired) electrons. The second-order valence-corrected chi connectivity index (χ2v) is 7.16. The first-order chi connectivity index (χ1) is 13.7. The van der Waals surface area contributed by atoms with E-state index >= 15 is 0 Å². The zero-order valence-corrected chi connectivity index (χ0v) is 15.1. The van der Waals surface area contributed by atoms with Crippen LogP contribution in [0.25, 0.3) is 16.8 Å². The van der Waals surface area contributed by atoms with Gasteiger partial charge >= 0.3 is 0 Å². The molecule has 1 saturated heterocycles. The average Bonchev–Trinajstić information content (AvgIpc) is 3.34. The molecule has 142 valence electrons. The van der Waals surface area contributed by atoms with Gasteiger partial charge in [0.15, 0.2) is 0 Å². The maximum atomic E-state index is 12.9. The molecule has 9 nitrogen and oxygen atoms in total. The zero-order chi connectivity index (χ0) is 19.1. The number of nitrogens with zero attached hydrogens (tertiary/aromatic N) is 5. The molecule has 4 aromatic rings. The molecule has 3 aromatic heterocycles. The lowest BCUT2D eigenvalue weighted by Crippen LogP contribution is -2.43. The van der Waals surface area contributed by atoms with Crippen molar-refractivity contribution in [2.45, 2.75) is 19.3 Å². The number of rotatable bonds is 3. The van der Waals surface area contributed by atoms with E-state index in [1.165, 1.54) is 17.0 Å². The van der Waals surface area contributed by atoms with Gasteiger partial charge in [0.05, 0.1) is 11.0 Å². The van der Waals surface area contributed by atoms with Crippen LogP contribution in [0, 0.1) is 5.92 Å². The number of hydrogen-bond acceptors (Lipinski definition) is 5. The topological polar surface area (TPSA) is 112 Å². The van der Waals surface area contributed by atoms with Gasteiger partial charge in [-0.15, -0.1) is 0 Å². The largest absolute Gasteiger partial charge is 0.342 e. The summed E-state index contributed by atoms with van der Waals surface area (Å²) in [5, 5.41) is 2.69. The van der Waals surface area contributed by atoms with Gasteiger partial charge in [-0.2, -0.15) is 4.52 Å². The number of nitrogens with one attached hydrogen (secondary N) is 2. The van der Waals surface area contributed by atoms with E-state index in [9.17, 15) is 9.59 Å². The maximum absolute atomic E-state index is 12.9. The summed E-state index contributed by atoms with van der Waals surface area (Å²) in [6.07, 6.45) is 5.40. The normalized spacial score (nSPS) is 17.4. The van der Waals surface area contributed by atoms with E-state index < -0.39 is 5.56 Å². The summed E-state index contributed by atoms with van der Waals surface area (Å²) in [7, 11) is 0. The van der Waals surface area contributed by atoms with Gasteiger partial charge in [0.25, 0.3) is 17.2 Å². The number of likely N-dealkylation sites (tertiary alicyclic amines) is 1. The van der Waals surface area contributed by atoms with Gasteiger partial charge in [-0.3, -0.25) is 14.7 Å². The van der Waals surface area contributed by atoms with Crippen molar-refractivity contribution in [3.8, 4) is 0 Å². The lowest BCUT2D eigenvalue weighted by molar-refractivity contribution is 0.0669. The molecule has 1 amide bonds. The van der Waals surface area contributed by atoms with Crippen molar-refractivity contribution >= 4 is 22.7 Å². The zero-order valence-electron chi connectivity index (χ0n) is 15.1. The molecule has 1 fully saturated rings. The molecular weight excluding hydrogens is 358 g/mol. The average molecular weight is 377 g/mol. The number of benzene rings is 1. The highest BCUT2D eigenvalue weighted by Crippen LogP contribution is 2.22. The van der Waals surface area contributed by atoms with E-state index in [2.05, 4.69) is 25.0 Å². The quantitative estimate of drug-likeness (QED) is 0.560. The van der Waals surface area contributed by atoms with E-state index in [0.29, 0.717) is 19.0 Å². The summed E-state index contributed by atoms with van der Waals surface area (Å²) in [6, 6.07) is 7.94. The number of para-hydroxylation sites is 2. The monoisotopic (exact) mass is 377 g/mol. The fraction of sp³-hybridized carbons (Fsp3) is 0.316. The molecule has 1 atom stereocenters. The Kier molecular flexibility index (Phi) is 3.92. The van der Waals surface area contributed by atoms with Crippen molar-refractivity contribution in [2.24, 2.45) is 5.92 Å². The number of aromatic amines is 2. The Morgan fingerprint density at radius 2 is 2.14 bits per heavy atom. The molecule has 9 heteroatoms. The third kappa shape index (κ3) is 2.84. The molecule has 28 heavy (non-hydrogen) atoms. The van der Waals surface area contributed by atoms with Crippen LogP contribution in [-0.2, 0) is 6.42 Å². The van der Waals surface area contributed by atoms with E-state index in [-0.39, 0.29) is 17.2 Å². The molecule has 2 N–H and O–H groups in total. The number of carbonyl (C=O) groups is 1. The van der Waals surface area contributed by atoms with Gasteiger partial charge in [-0.25, -0.2) is 15.0 Å². The minimum atomic E-state index is -0.424. The Morgan fingerprint density at radius 3 is 3.04 bits per heavy atom. The Balaban J connectivity index is 1.35. The predicted octanol–water partition coefficient (Wildman–Crippen LogP) is 1.39. The lowest BCUT2D eigenvalue weighted by Gasteiger charge is -2.32. The molecule has 0 bridgehead atoms. The first-order valence-electron chi connectivity index (χ1n) is 9.33. The molecule has 4 heterocycles. The smallest absolute Gasteiger partial charge is 0.286 e. The molecule has 0 saturated carbocycles. The Hall–Kier alpha value is -3.49. The highest BCUT2D eigenvalue weighted by molar-refractivity contribution is 5.93. The molecule has 1 aliphatic heterocycles. The Labute approximate surface area is 159 Å². The fourth-order valence-corrected chi connectivity index (χ4v) is 3.91. The molecule has 1 aliphatic rings. The van der Waals surface area contributed by atoms with Gasteiger partial charge in [0.1, 0.15) is 17.7 Å². The molecule has 0 spiro atoms. The number of amides is 1. The van der Waals surface area contributed by atoms with Crippen LogP contribution >= 0.6 is 0 Å². The lowest BCUT2D eigenvalue weighted by atomic mass is 9.94. The Bertz CT molecular complexity index is 1190.